The number of rotatable bonds is 6. The van der Waals surface area contributed by atoms with E-state index in [0.717, 1.165) is 39.3 Å². The van der Waals surface area contributed by atoms with Crippen LogP contribution < -0.4 is 30.8 Å². The first kappa shape index (κ1) is 22.9. The summed E-state index contributed by atoms with van der Waals surface area (Å²) in [6, 6.07) is 26.9. The van der Waals surface area contributed by atoms with E-state index in [1.807, 2.05) is 122 Å². The summed E-state index contributed by atoms with van der Waals surface area (Å²) < 4.78 is 4.03. The number of pyridine rings is 2. The molecular formula is C29H28N6O+2. The summed E-state index contributed by atoms with van der Waals surface area (Å²) in [7, 11) is 3.98. The molecule has 0 unspecified atom stereocenters. The fourth-order valence-electron chi connectivity index (χ4n) is 3.99. The number of nitrogens with zero attached hydrogens (tertiary/aromatic N) is 2. The molecule has 0 aliphatic heterocycles. The van der Waals surface area contributed by atoms with E-state index in [-0.39, 0.29) is 5.91 Å². The Kier molecular flexibility index (Phi) is 6.19. The average molecular weight is 477 g/mol. The van der Waals surface area contributed by atoms with Crippen LogP contribution in [0.2, 0.25) is 0 Å². The lowest BCUT2D eigenvalue weighted by Crippen LogP contribution is -2.28. The van der Waals surface area contributed by atoms with Gasteiger partial charge < -0.3 is 21.7 Å². The first-order valence-corrected chi connectivity index (χ1v) is 11.6. The van der Waals surface area contributed by atoms with Crippen molar-refractivity contribution in [1.82, 2.24) is 0 Å². The lowest BCUT2D eigenvalue weighted by atomic mass is 10.1. The molecule has 5 N–H and O–H groups in total. The Labute approximate surface area is 209 Å². The number of nitrogens with one attached hydrogen (secondary N) is 3. The van der Waals surface area contributed by atoms with Gasteiger partial charge in [-0.15, -0.1) is 0 Å². The van der Waals surface area contributed by atoms with Crippen LogP contribution in [-0.2, 0) is 14.1 Å². The van der Waals surface area contributed by atoms with Crippen molar-refractivity contribution in [3.05, 3.63) is 109 Å². The maximum absolute atomic E-state index is 12.7. The predicted molar refractivity (Wildman–Crippen MR) is 145 cm³/mol. The molecule has 3 aromatic carbocycles. The number of fused-ring (bicyclic) bond motifs is 1. The van der Waals surface area contributed by atoms with E-state index in [1.54, 1.807) is 0 Å². The average Bonchev–Trinajstić information content (AvgIpc) is 2.88. The number of carbonyl (C=O) groups excluding carboxylic acids is 1. The molecule has 5 rings (SSSR count). The maximum Gasteiger partial charge on any atom is 0.255 e. The number of carbonyl (C=O) groups is 1. The van der Waals surface area contributed by atoms with Gasteiger partial charge in [0.1, 0.15) is 14.1 Å². The Hall–Kier alpha value is -4.91. The molecule has 0 saturated carbocycles. The molecule has 0 fully saturated rings. The zero-order chi connectivity index (χ0) is 25.1. The van der Waals surface area contributed by atoms with Crippen LogP contribution in [0.4, 0.5) is 34.1 Å². The number of benzene rings is 3. The van der Waals surface area contributed by atoms with Crippen molar-refractivity contribution in [2.24, 2.45) is 14.1 Å². The second-order valence-electron chi connectivity index (χ2n) is 8.73. The van der Waals surface area contributed by atoms with Gasteiger partial charge in [0, 0.05) is 52.6 Å². The highest BCUT2D eigenvalue weighted by Gasteiger charge is 2.11. The molecule has 0 saturated heterocycles. The van der Waals surface area contributed by atoms with Gasteiger partial charge in [0.25, 0.3) is 5.91 Å². The SMILES string of the molecule is C[n+]1ccc(Nc2ccc(C(=O)Nc3ccc(Nc4cc[n+](C)c5ccc(N)cc45)cc3)cc2)cc1. The van der Waals surface area contributed by atoms with Gasteiger partial charge in [-0.1, -0.05) is 0 Å². The fraction of sp³-hybridized carbons (Fsp3) is 0.0690. The normalized spacial score (nSPS) is 10.7. The van der Waals surface area contributed by atoms with E-state index in [2.05, 4.69) is 20.5 Å². The van der Waals surface area contributed by atoms with Gasteiger partial charge in [0.2, 0.25) is 5.52 Å². The molecule has 7 heteroatoms. The molecule has 0 radical (unpaired) electrons. The van der Waals surface area contributed by atoms with Crippen LogP contribution in [-0.4, -0.2) is 5.91 Å². The molecular weight excluding hydrogens is 448 g/mol. The quantitative estimate of drug-likeness (QED) is 0.209. The lowest BCUT2D eigenvalue weighted by molar-refractivity contribution is -0.671. The largest absolute Gasteiger partial charge is 0.399 e. The number of anilines is 6. The Balaban J connectivity index is 1.24. The second-order valence-corrected chi connectivity index (χ2v) is 8.73. The highest BCUT2D eigenvalue weighted by Crippen LogP contribution is 2.27. The molecule has 0 aliphatic carbocycles. The highest BCUT2D eigenvalue weighted by molar-refractivity contribution is 6.04. The molecule has 0 bridgehead atoms. The van der Waals surface area contributed by atoms with Gasteiger partial charge in [-0.3, -0.25) is 4.79 Å². The molecule has 0 aliphatic rings. The van der Waals surface area contributed by atoms with Crippen LogP contribution in [0.15, 0.2) is 104 Å². The van der Waals surface area contributed by atoms with Crippen LogP contribution in [0, 0.1) is 0 Å². The number of nitrogens with two attached hydrogens (primary N) is 1. The summed E-state index contributed by atoms with van der Waals surface area (Å²) in [4.78, 5) is 12.7. The number of hydrogen-bond donors (Lipinski definition) is 4. The van der Waals surface area contributed by atoms with E-state index >= 15 is 0 Å². The zero-order valence-electron chi connectivity index (χ0n) is 20.2. The van der Waals surface area contributed by atoms with E-state index in [4.69, 9.17) is 5.73 Å². The standard InChI is InChI=1S/C29H26N6O/c1-34-16-13-25(14-17-34)31-22-6-3-20(4-7-22)29(36)33-24-10-8-23(9-11-24)32-27-15-18-35(2)28-12-5-21(30)19-26(27)28/h3-19H,30H2,1-2H3,(H,33,36)/p+2. The number of amides is 1. The topological polar surface area (TPSA) is 86.9 Å². The number of hydrogen-bond acceptors (Lipinski definition) is 4. The minimum atomic E-state index is -0.161. The Bertz CT molecular complexity index is 1530. The molecule has 178 valence electrons. The zero-order valence-corrected chi connectivity index (χ0v) is 20.2. The van der Waals surface area contributed by atoms with Crippen molar-refractivity contribution in [3.63, 3.8) is 0 Å². The molecule has 1 amide bonds. The Morgan fingerprint density at radius 1 is 0.694 bits per heavy atom. The molecule has 5 aromatic rings. The molecule has 2 aromatic heterocycles. The monoisotopic (exact) mass is 476 g/mol. The highest BCUT2D eigenvalue weighted by atomic mass is 16.1. The van der Waals surface area contributed by atoms with Crippen molar-refractivity contribution in [2.75, 3.05) is 21.7 Å². The molecule has 0 spiro atoms. The van der Waals surface area contributed by atoms with Gasteiger partial charge >= 0.3 is 0 Å². The molecule has 36 heavy (non-hydrogen) atoms. The Morgan fingerprint density at radius 3 is 2.03 bits per heavy atom. The number of nitrogen functional groups attached to an aromatic ring is 1. The van der Waals surface area contributed by atoms with Crippen molar-refractivity contribution in [1.29, 1.82) is 0 Å². The Morgan fingerprint density at radius 2 is 1.31 bits per heavy atom. The predicted octanol–water partition coefficient (Wildman–Crippen LogP) is 4.81. The van der Waals surface area contributed by atoms with E-state index < -0.39 is 0 Å². The van der Waals surface area contributed by atoms with E-state index in [1.165, 1.54) is 0 Å². The van der Waals surface area contributed by atoms with Crippen molar-refractivity contribution >= 4 is 50.9 Å². The van der Waals surface area contributed by atoms with E-state index in [9.17, 15) is 4.79 Å². The smallest absolute Gasteiger partial charge is 0.255 e. The first-order chi connectivity index (χ1) is 17.4. The molecule has 7 nitrogen and oxygen atoms in total. The lowest BCUT2D eigenvalue weighted by Gasteiger charge is -2.11. The van der Waals surface area contributed by atoms with Gasteiger partial charge in [-0.25, -0.2) is 9.13 Å². The van der Waals surface area contributed by atoms with Crippen LogP contribution in [0.3, 0.4) is 0 Å². The minimum Gasteiger partial charge on any atom is -0.399 e. The van der Waals surface area contributed by atoms with Gasteiger partial charge in [0.15, 0.2) is 18.6 Å². The van der Waals surface area contributed by atoms with Gasteiger partial charge in [0.05, 0.1) is 16.8 Å². The van der Waals surface area contributed by atoms with Crippen LogP contribution in [0.5, 0.6) is 0 Å². The van der Waals surface area contributed by atoms with E-state index in [0.29, 0.717) is 11.3 Å². The summed E-state index contributed by atoms with van der Waals surface area (Å²) in [5, 5.41) is 10.8. The third-order valence-electron chi connectivity index (χ3n) is 5.99. The van der Waals surface area contributed by atoms with Gasteiger partial charge in [-0.05, 0) is 60.7 Å². The summed E-state index contributed by atoms with van der Waals surface area (Å²) in [5.74, 6) is -0.161. The van der Waals surface area contributed by atoms with Crippen LogP contribution in [0.25, 0.3) is 10.9 Å². The number of aromatic nitrogens is 2. The van der Waals surface area contributed by atoms with Crippen LogP contribution >= 0.6 is 0 Å². The maximum atomic E-state index is 12.7. The third-order valence-corrected chi connectivity index (χ3v) is 5.99. The summed E-state index contributed by atoms with van der Waals surface area (Å²) in [6.45, 7) is 0. The summed E-state index contributed by atoms with van der Waals surface area (Å²) in [6.07, 6.45) is 5.96. The van der Waals surface area contributed by atoms with Gasteiger partial charge in [-0.2, -0.15) is 0 Å². The summed E-state index contributed by atoms with van der Waals surface area (Å²) >= 11 is 0. The summed E-state index contributed by atoms with van der Waals surface area (Å²) in [5.41, 5.74) is 12.9. The molecule has 0 atom stereocenters. The molecule has 2 heterocycles. The fourth-order valence-corrected chi connectivity index (χ4v) is 3.99. The first-order valence-electron chi connectivity index (χ1n) is 11.6. The van der Waals surface area contributed by atoms with Crippen molar-refractivity contribution in [2.45, 2.75) is 0 Å². The second kappa shape index (κ2) is 9.76. The number of aryl methyl sites for hydroxylation is 2. The van der Waals surface area contributed by atoms with Crippen molar-refractivity contribution in [3.8, 4) is 0 Å². The minimum absolute atomic E-state index is 0.161. The third kappa shape index (κ3) is 5.10. The van der Waals surface area contributed by atoms with Crippen LogP contribution in [0.1, 0.15) is 10.4 Å². The van der Waals surface area contributed by atoms with Crippen molar-refractivity contribution < 1.29 is 13.9 Å².